The lowest BCUT2D eigenvalue weighted by molar-refractivity contribution is -0.149. The van der Waals surface area contributed by atoms with Gasteiger partial charge in [0.2, 0.25) is 0 Å². The second-order valence-corrected chi connectivity index (χ2v) is 38.6. The number of hydrogen-bond donors (Lipinski definition) is 8. The molecule has 4 saturated carbocycles. The van der Waals surface area contributed by atoms with Gasteiger partial charge in [0.1, 0.15) is 23.2 Å². The predicted octanol–water partition coefficient (Wildman–Crippen LogP) is 18.4. The number of hydrogen-bond acceptors (Lipinski definition) is 26. The van der Waals surface area contributed by atoms with Crippen molar-refractivity contribution in [3.63, 3.8) is 0 Å². The number of aliphatic carboxylic acids is 1. The molecule has 0 spiro atoms. The number of pyridine rings is 4. The Balaban J connectivity index is 0.000000122. The minimum Gasteiger partial charge on any atom is -0.481 e. The van der Waals surface area contributed by atoms with Crippen LogP contribution < -0.4 is 28.8 Å². The van der Waals surface area contributed by atoms with E-state index >= 15 is 0 Å². The topological polar surface area (TPSA) is 487 Å². The van der Waals surface area contributed by atoms with Crippen molar-refractivity contribution >= 4 is 91.3 Å². The Bertz CT molecular complexity index is 7720. The molecule has 4 aromatic carbocycles. The van der Waals surface area contributed by atoms with Gasteiger partial charge in [-0.25, -0.2) is 19.9 Å². The van der Waals surface area contributed by atoms with Crippen molar-refractivity contribution in [1.82, 2.24) is 98.7 Å². The molecule has 33 heteroatoms. The summed E-state index contributed by atoms with van der Waals surface area (Å²) in [6, 6.07) is 56.5. The Hall–Kier alpha value is -16.2. The number of aromatic amines is 2. The van der Waals surface area contributed by atoms with Crippen molar-refractivity contribution in [1.29, 1.82) is 0 Å². The second-order valence-electron chi connectivity index (χ2n) is 38.6. The Kier molecular flexibility index (Phi) is 29.5. The van der Waals surface area contributed by atoms with Crippen LogP contribution in [-0.4, -0.2) is 159 Å². The van der Waals surface area contributed by atoms with Crippen molar-refractivity contribution in [3.8, 4) is 89.5 Å². The van der Waals surface area contributed by atoms with Gasteiger partial charge in [0.05, 0.1) is 129 Å². The van der Waals surface area contributed by atoms with Crippen LogP contribution in [0.5, 0.6) is 0 Å². The van der Waals surface area contributed by atoms with Gasteiger partial charge in [0.25, 0.3) is 0 Å². The summed E-state index contributed by atoms with van der Waals surface area (Å²) in [7, 11) is 0. The molecule has 4 aliphatic rings. The largest absolute Gasteiger partial charge is 0.481 e. The van der Waals surface area contributed by atoms with Crippen molar-refractivity contribution in [2.24, 2.45) is 69.8 Å². The van der Waals surface area contributed by atoms with Gasteiger partial charge in [0.15, 0.2) is 39.7 Å². The lowest BCUT2D eigenvalue weighted by Crippen LogP contribution is -2.28. The highest BCUT2D eigenvalue weighted by Crippen LogP contribution is 2.42. The lowest BCUT2D eigenvalue weighted by atomic mass is 9.78. The second kappa shape index (κ2) is 43.7. The lowest BCUT2D eigenvalue weighted by Gasteiger charge is -2.28. The number of Topliss-reactive ketones (excluding diaryl/α,β-unsaturated/α-hetero) is 3. The highest BCUT2D eigenvalue weighted by Gasteiger charge is 2.35. The van der Waals surface area contributed by atoms with E-state index in [1.165, 1.54) is 6.92 Å². The number of carboxylic acid groups (broad SMARTS) is 1. The summed E-state index contributed by atoms with van der Waals surface area (Å²) in [5.41, 5.74) is 51.0. The molecule has 0 radical (unpaired) electrons. The first-order chi connectivity index (χ1) is 70.7. The van der Waals surface area contributed by atoms with Crippen LogP contribution in [0.1, 0.15) is 174 Å². The predicted molar refractivity (Wildman–Crippen MR) is 560 cm³/mol. The van der Waals surface area contributed by atoms with Gasteiger partial charge in [-0.3, -0.25) is 54.1 Å². The number of carbonyl (C=O) groups excluding carboxylic acids is 4. The number of benzene rings is 4. The third kappa shape index (κ3) is 21.0. The molecule has 0 saturated heterocycles. The molecule has 4 aliphatic carbocycles. The summed E-state index contributed by atoms with van der Waals surface area (Å²) in [5, 5.41) is 48.9. The maximum absolute atomic E-state index is 12.6. The number of nitrogens with one attached hydrogen (secondary N) is 2. The van der Waals surface area contributed by atoms with Crippen LogP contribution in [0.15, 0.2) is 225 Å². The summed E-state index contributed by atoms with van der Waals surface area (Å²) >= 11 is 0. The van der Waals surface area contributed by atoms with Gasteiger partial charge in [-0.15, -0.1) is 0 Å². The molecule has 0 bridgehead atoms. The van der Waals surface area contributed by atoms with Crippen molar-refractivity contribution in [2.45, 2.75) is 163 Å². The first-order valence-electron chi connectivity index (χ1n) is 50.1. The van der Waals surface area contributed by atoms with Crippen LogP contribution in [0.25, 0.3) is 134 Å². The number of carbonyl (C=O) groups is 5. The van der Waals surface area contributed by atoms with E-state index in [-0.39, 0.29) is 60.1 Å². The van der Waals surface area contributed by atoms with E-state index in [0.717, 1.165) is 279 Å². The fourth-order valence-corrected chi connectivity index (χ4v) is 21.4. The van der Waals surface area contributed by atoms with Gasteiger partial charge in [-0.1, -0.05) is 146 Å². The minimum absolute atomic E-state index is 0.0447. The van der Waals surface area contributed by atoms with E-state index in [2.05, 4.69) is 85.1 Å². The van der Waals surface area contributed by atoms with Gasteiger partial charge in [0, 0.05) is 115 Å². The third-order valence-electron chi connectivity index (χ3n) is 29.4. The number of nitrogen functional groups attached to an aromatic ring is 2. The molecule has 0 aliphatic heterocycles. The highest BCUT2D eigenvalue weighted by atomic mass is 16.5. The van der Waals surface area contributed by atoms with Gasteiger partial charge < -0.3 is 38.6 Å². The molecule has 14 heterocycles. The Labute approximate surface area is 837 Å². The number of hydrazone groups is 1. The van der Waals surface area contributed by atoms with Gasteiger partial charge in [-0.2, -0.15) is 53.8 Å². The van der Waals surface area contributed by atoms with Crippen LogP contribution >= 0.6 is 0 Å². The average molecular weight is 1940 g/mol. The fraction of sp³-hybridized carbons (Fsp3) is 0.321. The van der Waals surface area contributed by atoms with E-state index in [1.807, 2.05) is 215 Å². The number of esters is 1. The molecule has 4 fully saturated rings. The van der Waals surface area contributed by atoms with Crippen molar-refractivity contribution in [2.75, 3.05) is 31.2 Å². The zero-order valence-corrected chi connectivity index (χ0v) is 81.9. The maximum atomic E-state index is 12.6. The number of aryl methyl sites for hydroxylation is 2. The summed E-state index contributed by atoms with van der Waals surface area (Å²) in [6.07, 6.45) is 31.6. The first-order valence-corrected chi connectivity index (χ1v) is 50.1. The smallest absolute Gasteiger partial charge is 0.308 e. The Morgan fingerprint density at radius 1 is 0.372 bits per heavy atom. The molecular weight excluding hydrogens is 1820 g/mol. The molecule has 0 amide bonds. The van der Waals surface area contributed by atoms with Gasteiger partial charge in [-0.05, 0) is 211 Å². The SMILES string of the molecule is C/C(=N\N)c1c(CC2CCC(C(=O)CN)CC2)nc2c(-c3ccc(-c4ccccc4)nc3)cnn2c1N.CCOC(=O)C1CCC(Cc2nc3c(-c4ccc(-c5ccccc5)nc4)cnn3c(N)c2C(C)=O)CC1.Cc1[nH]nc2c1c(CC1CCC(C(=O)CN)CC1)nc1c(-c3ccc(-c4ccccc4)nc3)cnn12.Cc1[nH]nc2c1c(CC1CCC(C(=O)O)CC1)nc1c(-c3ccc(-c4ccccc4)nc3)cnn12. The first kappa shape index (κ1) is 97.7. The number of ketones is 3. The Morgan fingerprint density at radius 3 is 0.972 bits per heavy atom. The number of anilines is 2. The number of nitrogens with zero attached hydrogens (tertiary/aromatic N) is 19. The minimum atomic E-state index is -0.674. The molecule has 145 heavy (non-hydrogen) atoms. The zero-order valence-electron chi connectivity index (χ0n) is 81.9. The van der Waals surface area contributed by atoms with E-state index < -0.39 is 5.97 Å². The molecular formula is C112H118N26O7. The molecule has 33 nitrogen and oxygen atoms in total. The quantitative estimate of drug-likeness (QED) is 0.00866. The molecule has 738 valence electrons. The van der Waals surface area contributed by atoms with Crippen LogP contribution in [0, 0.1) is 61.2 Å². The normalized spacial score (nSPS) is 18.1. The summed E-state index contributed by atoms with van der Waals surface area (Å²) < 4.78 is 12.0. The number of carboxylic acids is 1. The van der Waals surface area contributed by atoms with Crippen molar-refractivity contribution < 1.29 is 33.8 Å². The molecule has 0 unspecified atom stereocenters. The maximum Gasteiger partial charge on any atom is 0.308 e. The summed E-state index contributed by atoms with van der Waals surface area (Å²) in [6.45, 7) is 9.87. The molecule has 0 atom stereocenters. The standard InChI is InChI=1S/C29H31N5O3.C28H32N8O.C28H29N7O.C27H26N6O2/c1-3-37-29(36)21-11-9-19(10-12-21)15-25-26(18(2)35)27(30)34-28(33-25)23(17-32-34)22-13-14-24(31-16-22)20-7-5-4-6-8-20;1-17(35-31)26-24(13-18-7-9-20(10-8-18)25(37)14-29)34-28-22(16-33-36(28)27(26)30)21-11-12-23(32-15-21)19-5-3-2-4-6-19;1-17-26-24(13-18-7-9-20(10-8-18)25(36)14-29)32-27-22(16-31-35(27)28(26)34-33-17)21-11-12-23(30-15-21)19-5-3-2-4-6-19;1-16-24-23(13-17-7-9-19(10-8-17)27(34)35)30-25-21(15-29-33(25)26(24)32-31-16)20-11-12-22(28-14-20)18-5-3-2-4-6-18/h4-8,13-14,16-17,19,21H,3,9-12,15,30H2,1-2H3;2-6,11-12,15-16,18,20H,7-10,13-14,29-31H2,1H3;2-6,11-12,15-16,18,20H,7-10,13-14,29H2,1H3,(H,33,34);2-6,11-12,14-15,17,19H,7-10,13H2,1H3,(H,31,32)(H,34,35)/b;35-17+;;. The van der Waals surface area contributed by atoms with Gasteiger partial charge >= 0.3 is 11.9 Å². The number of rotatable bonds is 25. The fourth-order valence-electron chi connectivity index (χ4n) is 21.4. The molecule has 14 aromatic heterocycles. The highest BCUT2D eigenvalue weighted by molar-refractivity contribution is 6.04. The number of fused-ring (bicyclic) bond motifs is 8. The number of aromatic nitrogens is 20. The third-order valence-corrected chi connectivity index (χ3v) is 29.4. The molecule has 13 N–H and O–H groups in total. The molecule has 18 aromatic rings. The average Bonchev–Trinajstić information content (AvgIpc) is 1.59. The molecule has 22 rings (SSSR count). The number of nitrogens with two attached hydrogens (primary N) is 5. The van der Waals surface area contributed by atoms with Crippen LogP contribution in [0.4, 0.5) is 11.6 Å². The van der Waals surface area contributed by atoms with Crippen LogP contribution in [-0.2, 0) is 49.6 Å². The zero-order chi connectivity index (χ0) is 100. The van der Waals surface area contributed by atoms with Crippen molar-refractivity contribution in [3.05, 3.63) is 265 Å². The van der Waals surface area contributed by atoms with E-state index in [4.69, 9.17) is 58.4 Å². The van der Waals surface area contributed by atoms with Crippen LogP contribution in [0.3, 0.4) is 0 Å². The monoisotopic (exact) mass is 1940 g/mol. The van der Waals surface area contributed by atoms with E-state index in [1.54, 1.807) is 25.9 Å². The Morgan fingerprint density at radius 2 is 0.669 bits per heavy atom. The number of ether oxygens (including phenoxy) is 1. The van der Waals surface area contributed by atoms with Crippen LogP contribution in [0.2, 0.25) is 0 Å². The number of H-pyrrole nitrogens is 2. The summed E-state index contributed by atoms with van der Waals surface area (Å²) in [5.74, 6) is 7.38. The van der Waals surface area contributed by atoms with E-state index in [9.17, 15) is 29.1 Å². The van der Waals surface area contributed by atoms with E-state index in [0.29, 0.717) is 76.6 Å². The summed E-state index contributed by atoms with van der Waals surface area (Å²) in [4.78, 5) is 99.1.